The first-order chi connectivity index (χ1) is 16.2. The second-order valence-corrected chi connectivity index (χ2v) is 10.2. The minimum absolute atomic E-state index is 0.272. The van der Waals surface area contributed by atoms with Crippen LogP contribution in [0.3, 0.4) is 0 Å². The summed E-state index contributed by atoms with van der Waals surface area (Å²) in [5.41, 5.74) is 2.68. The fraction of sp³-hybridized carbons (Fsp3) is 0.208. The van der Waals surface area contributed by atoms with Crippen molar-refractivity contribution in [3.63, 3.8) is 0 Å². The fourth-order valence-corrected chi connectivity index (χ4v) is 5.90. The van der Waals surface area contributed by atoms with Gasteiger partial charge >= 0.3 is 6.18 Å². The molecule has 2 aromatic heterocycles. The summed E-state index contributed by atoms with van der Waals surface area (Å²) >= 11 is 13.4. The topological polar surface area (TPSA) is 45.3 Å². The molecule has 4 nitrogen and oxygen atoms in total. The van der Waals surface area contributed by atoms with E-state index in [0.29, 0.717) is 28.6 Å². The molecule has 1 amide bonds. The summed E-state index contributed by atoms with van der Waals surface area (Å²) in [5, 5.41) is 0.954. The van der Waals surface area contributed by atoms with Crippen LogP contribution < -0.4 is 4.74 Å². The van der Waals surface area contributed by atoms with Crippen LogP contribution in [0.25, 0.3) is 10.9 Å². The Balaban J connectivity index is 1.66. The highest BCUT2D eigenvalue weighted by Crippen LogP contribution is 2.42. The molecule has 3 heterocycles. The summed E-state index contributed by atoms with van der Waals surface area (Å²) in [4.78, 5) is 18.6. The van der Waals surface area contributed by atoms with Crippen molar-refractivity contribution >= 4 is 51.3 Å². The number of halogens is 5. The lowest BCUT2D eigenvalue weighted by atomic mass is 9.91. The first-order valence-corrected chi connectivity index (χ1v) is 11.9. The Labute approximate surface area is 206 Å². The monoisotopic (exact) mass is 524 g/mol. The van der Waals surface area contributed by atoms with E-state index < -0.39 is 17.8 Å². The maximum atomic E-state index is 13.5. The zero-order valence-corrected chi connectivity index (χ0v) is 20.0. The Hall–Kier alpha value is -2.68. The standard InChI is InChI=1S/C24H17Cl2F3N2O2S/c1-33-14-6-7-18-16(10-14)15-8-9-31(23(32)17-11-19(25)34-22(17)26)21(20(15)30-18)12-2-4-13(5-3-12)24(27,28)29/h2-7,10-11,21,30H,8-9H2,1H3. The smallest absolute Gasteiger partial charge is 0.416 e. The number of amides is 1. The molecule has 1 atom stereocenters. The van der Waals surface area contributed by atoms with Crippen LogP contribution in [0.5, 0.6) is 5.75 Å². The van der Waals surface area contributed by atoms with Crippen molar-refractivity contribution in [2.45, 2.75) is 18.6 Å². The van der Waals surface area contributed by atoms with Gasteiger partial charge in [-0.15, -0.1) is 11.3 Å². The van der Waals surface area contributed by atoms with Crippen molar-refractivity contribution in [3.8, 4) is 5.75 Å². The molecule has 0 spiro atoms. The maximum absolute atomic E-state index is 13.5. The summed E-state index contributed by atoms with van der Waals surface area (Å²) in [6.45, 7) is 0.353. The number of benzene rings is 2. The molecule has 1 N–H and O–H groups in total. The van der Waals surface area contributed by atoms with Crippen LogP contribution in [-0.4, -0.2) is 29.4 Å². The molecule has 176 valence electrons. The number of methoxy groups -OCH3 is 1. The van der Waals surface area contributed by atoms with Gasteiger partial charge in [-0.05, 0) is 53.9 Å². The van der Waals surface area contributed by atoms with Crippen LogP contribution in [-0.2, 0) is 12.6 Å². The number of carbonyl (C=O) groups excluding carboxylic acids is 1. The van der Waals surface area contributed by atoms with Gasteiger partial charge in [0.2, 0.25) is 0 Å². The fourth-order valence-electron chi connectivity index (χ4n) is 4.46. The summed E-state index contributed by atoms with van der Waals surface area (Å²) in [6.07, 6.45) is -3.90. The van der Waals surface area contributed by atoms with E-state index >= 15 is 0 Å². The van der Waals surface area contributed by atoms with Crippen LogP contribution in [0.1, 0.15) is 38.8 Å². The van der Waals surface area contributed by atoms with Gasteiger partial charge in [0.25, 0.3) is 5.91 Å². The number of hydrogen-bond acceptors (Lipinski definition) is 3. The van der Waals surface area contributed by atoms with E-state index in [0.717, 1.165) is 45.6 Å². The lowest BCUT2D eigenvalue weighted by molar-refractivity contribution is -0.137. The highest BCUT2D eigenvalue weighted by molar-refractivity contribution is 7.20. The van der Waals surface area contributed by atoms with Gasteiger partial charge < -0.3 is 14.6 Å². The van der Waals surface area contributed by atoms with Crippen LogP contribution in [0.2, 0.25) is 8.67 Å². The number of thiophene rings is 1. The molecular formula is C24H17Cl2F3N2O2S. The molecule has 0 aliphatic carbocycles. The molecule has 0 saturated heterocycles. The van der Waals surface area contributed by atoms with Gasteiger partial charge in [0.15, 0.2) is 0 Å². The van der Waals surface area contributed by atoms with Crippen LogP contribution >= 0.6 is 34.5 Å². The lowest BCUT2D eigenvalue weighted by Crippen LogP contribution is -2.40. The van der Waals surface area contributed by atoms with E-state index in [4.69, 9.17) is 27.9 Å². The summed E-state index contributed by atoms with van der Waals surface area (Å²) in [7, 11) is 1.58. The molecule has 2 aromatic carbocycles. The van der Waals surface area contributed by atoms with Gasteiger partial charge in [0.05, 0.1) is 28.6 Å². The van der Waals surface area contributed by atoms with Crippen LogP contribution in [0.4, 0.5) is 13.2 Å². The second kappa shape index (κ2) is 8.52. The SMILES string of the molecule is COc1ccc2[nH]c3c(c2c1)CCN(C(=O)c1cc(Cl)sc1Cl)C3c1ccc(C(F)(F)F)cc1. The van der Waals surface area contributed by atoms with Gasteiger partial charge in [-0.25, -0.2) is 0 Å². The largest absolute Gasteiger partial charge is 0.497 e. The third-order valence-electron chi connectivity index (χ3n) is 6.04. The van der Waals surface area contributed by atoms with Crippen molar-refractivity contribution in [1.82, 2.24) is 9.88 Å². The van der Waals surface area contributed by atoms with Crippen molar-refractivity contribution < 1.29 is 22.7 Å². The number of ether oxygens (including phenoxy) is 1. The minimum Gasteiger partial charge on any atom is -0.497 e. The van der Waals surface area contributed by atoms with Gasteiger partial charge in [-0.3, -0.25) is 4.79 Å². The number of carbonyl (C=O) groups is 1. The highest BCUT2D eigenvalue weighted by Gasteiger charge is 2.37. The molecular weight excluding hydrogens is 508 g/mol. The predicted molar refractivity (Wildman–Crippen MR) is 127 cm³/mol. The number of aromatic amines is 1. The number of rotatable bonds is 3. The molecule has 34 heavy (non-hydrogen) atoms. The molecule has 0 radical (unpaired) electrons. The third kappa shape index (κ3) is 3.93. The molecule has 5 rings (SSSR count). The first kappa shape index (κ1) is 23.1. The number of aromatic nitrogens is 1. The second-order valence-electron chi connectivity index (χ2n) is 7.94. The molecule has 1 unspecified atom stereocenters. The van der Waals surface area contributed by atoms with Crippen molar-refractivity contribution in [2.75, 3.05) is 13.7 Å². The average molecular weight is 525 g/mol. The highest BCUT2D eigenvalue weighted by atomic mass is 35.5. The summed E-state index contributed by atoms with van der Waals surface area (Å²) in [6, 6.07) is 11.4. The predicted octanol–water partition coefficient (Wildman–Crippen LogP) is 7.35. The van der Waals surface area contributed by atoms with Gasteiger partial charge in [-0.1, -0.05) is 35.3 Å². The Morgan fingerprint density at radius 1 is 1.15 bits per heavy atom. The number of hydrogen-bond donors (Lipinski definition) is 1. The Kier molecular flexibility index (Phi) is 5.78. The Bertz CT molecular complexity index is 1400. The zero-order valence-electron chi connectivity index (χ0n) is 17.7. The number of H-pyrrole nitrogens is 1. The van der Waals surface area contributed by atoms with E-state index in [1.54, 1.807) is 12.0 Å². The van der Waals surface area contributed by atoms with E-state index in [9.17, 15) is 18.0 Å². The third-order valence-corrected chi connectivity index (χ3v) is 7.52. The Morgan fingerprint density at radius 2 is 1.88 bits per heavy atom. The minimum atomic E-state index is -4.45. The van der Waals surface area contributed by atoms with Crippen molar-refractivity contribution in [2.24, 2.45) is 0 Å². The van der Waals surface area contributed by atoms with Crippen LogP contribution in [0, 0.1) is 0 Å². The molecule has 0 bridgehead atoms. The summed E-state index contributed by atoms with van der Waals surface area (Å²) in [5.74, 6) is 0.360. The van der Waals surface area contributed by atoms with Crippen molar-refractivity contribution in [1.29, 1.82) is 0 Å². The molecule has 10 heteroatoms. The number of nitrogens with zero attached hydrogens (tertiary/aromatic N) is 1. The number of alkyl halides is 3. The van der Waals surface area contributed by atoms with E-state index in [-0.39, 0.29) is 15.8 Å². The van der Waals surface area contributed by atoms with Gasteiger partial charge in [-0.2, -0.15) is 13.2 Å². The first-order valence-electron chi connectivity index (χ1n) is 10.3. The van der Waals surface area contributed by atoms with Crippen LogP contribution in [0.15, 0.2) is 48.5 Å². The number of fused-ring (bicyclic) bond motifs is 3. The maximum Gasteiger partial charge on any atom is 0.416 e. The molecule has 1 aliphatic heterocycles. The average Bonchev–Trinajstić information content (AvgIpc) is 3.35. The molecule has 0 fully saturated rings. The molecule has 1 aliphatic rings. The van der Waals surface area contributed by atoms with E-state index in [2.05, 4.69) is 4.98 Å². The molecule has 0 saturated carbocycles. The quantitative estimate of drug-likeness (QED) is 0.304. The normalized spacial score (nSPS) is 16.1. The zero-order chi connectivity index (χ0) is 24.2. The van der Waals surface area contributed by atoms with Gasteiger partial charge in [0, 0.05) is 23.1 Å². The summed E-state index contributed by atoms with van der Waals surface area (Å²) < 4.78 is 45.5. The van der Waals surface area contributed by atoms with E-state index in [1.807, 2.05) is 18.2 Å². The van der Waals surface area contributed by atoms with E-state index in [1.165, 1.54) is 18.2 Å². The van der Waals surface area contributed by atoms with Crippen molar-refractivity contribution in [3.05, 3.63) is 85.2 Å². The van der Waals surface area contributed by atoms with Gasteiger partial charge in [0.1, 0.15) is 10.1 Å². The Morgan fingerprint density at radius 3 is 2.50 bits per heavy atom. The molecule has 4 aromatic rings. The number of nitrogens with one attached hydrogen (secondary N) is 1. The lowest BCUT2D eigenvalue weighted by Gasteiger charge is -2.36.